The molecule has 0 aliphatic carbocycles. The standard InChI is InChI=1S/C21H19F6NO.ClH/c22-20(23,24)16-10-14(11-17(13-16)21(25,26)27)12-18(29)19(6-8-28-9-7-19)15-4-2-1-3-5-15;/h1-5,10-11,13,28H,6-9,12H2;1H. The average molecular weight is 452 g/mol. The number of hydrogen-bond acceptors (Lipinski definition) is 2. The van der Waals surface area contributed by atoms with Crippen molar-refractivity contribution in [3.05, 3.63) is 70.8 Å². The van der Waals surface area contributed by atoms with Crippen LogP contribution in [0.5, 0.6) is 0 Å². The maximum absolute atomic E-state index is 13.2. The van der Waals surface area contributed by atoms with E-state index in [0.29, 0.717) is 38.1 Å². The molecule has 2 aromatic rings. The third-order valence-corrected chi connectivity index (χ3v) is 5.33. The third kappa shape index (κ3) is 5.16. The molecule has 1 aliphatic heterocycles. The third-order valence-electron chi connectivity index (χ3n) is 5.33. The summed E-state index contributed by atoms with van der Waals surface area (Å²) in [4.78, 5) is 13.2. The van der Waals surface area contributed by atoms with E-state index in [-0.39, 0.29) is 29.8 Å². The molecule has 3 rings (SSSR count). The molecule has 1 heterocycles. The molecule has 1 aliphatic rings. The maximum Gasteiger partial charge on any atom is 0.416 e. The van der Waals surface area contributed by atoms with Crippen LogP contribution in [0.25, 0.3) is 0 Å². The highest BCUT2D eigenvalue weighted by atomic mass is 35.5. The number of Topliss-reactive ketones (excluding diaryl/α,β-unsaturated/α-hetero) is 1. The zero-order chi connectivity index (χ0) is 21.3. The van der Waals surface area contributed by atoms with Crippen LogP contribution in [0.1, 0.15) is 35.1 Å². The lowest BCUT2D eigenvalue weighted by atomic mass is 9.68. The molecule has 2 aromatic carbocycles. The molecule has 0 amide bonds. The number of rotatable bonds is 4. The van der Waals surface area contributed by atoms with Gasteiger partial charge in [0.2, 0.25) is 0 Å². The smallest absolute Gasteiger partial charge is 0.317 e. The summed E-state index contributed by atoms with van der Waals surface area (Å²) >= 11 is 0. The summed E-state index contributed by atoms with van der Waals surface area (Å²) in [6.45, 7) is 1.08. The van der Waals surface area contributed by atoms with Gasteiger partial charge in [-0.25, -0.2) is 0 Å². The van der Waals surface area contributed by atoms with Crippen LogP contribution in [0.3, 0.4) is 0 Å². The van der Waals surface area contributed by atoms with Gasteiger partial charge in [0, 0.05) is 6.42 Å². The monoisotopic (exact) mass is 451 g/mol. The fourth-order valence-electron chi connectivity index (χ4n) is 3.82. The molecular weight excluding hydrogens is 432 g/mol. The number of hydrogen-bond donors (Lipinski definition) is 1. The predicted octanol–water partition coefficient (Wildman–Crippen LogP) is 5.58. The van der Waals surface area contributed by atoms with Crippen LogP contribution in [-0.2, 0) is 29.0 Å². The van der Waals surface area contributed by atoms with Crippen molar-refractivity contribution in [1.29, 1.82) is 0 Å². The molecule has 0 spiro atoms. The molecular formula is C21H20ClF6NO. The Morgan fingerprint density at radius 2 is 1.37 bits per heavy atom. The van der Waals surface area contributed by atoms with Crippen LogP contribution in [0.4, 0.5) is 26.3 Å². The van der Waals surface area contributed by atoms with Gasteiger partial charge in [-0.2, -0.15) is 26.3 Å². The molecule has 0 aromatic heterocycles. The number of ketones is 1. The Hall–Kier alpha value is -2.06. The Balaban J connectivity index is 0.00000320. The molecule has 1 saturated heterocycles. The molecule has 0 bridgehead atoms. The average Bonchev–Trinajstić information content (AvgIpc) is 2.67. The number of benzene rings is 2. The molecule has 0 unspecified atom stereocenters. The summed E-state index contributed by atoms with van der Waals surface area (Å²) in [7, 11) is 0. The Morgan fingerprint density at radius 1 is 0.867 bits per heavy atom. The minimum absolute atomic E-state index is 0. The van der Waals surface area contributed by atoms with Gasteiger partial charge < -0.3 is 5.32 Å². The minimum Gasteiger partial charge on any atom is -0.317 e. The lowest BCUT2D eigenvalue weighted by Crippen LogP contribution is -2.46. The summed E-state index contributed by atoms with van der Waals surface area (Å²) < 4.78 is 78.6. The van der Waals surface area contributed by atoms with E-state index in [0.717, 1.165) is 5.56 Å². The molecule has 0 atom stereocenters. The molecule has 0 radical (unpaired) electrons. The van der Waals surface area contributed by atoms with Crippen LogP contribution in [0.2, 0.25) is 0 Å². The zero-order valence-electron chi connectivity index (χ0n) is 15.7. The number of alkyl halides is 6. The quantitative estimate of drug-likeness (QED) is 0.615. The van der Waals surface area contributed by atoms with E-state index >= 15 is 0 Å². The summed E-state index contributed by atoms with van der Waals surface area (Å²) in [6, 6.07) is 10.2. The van der Waals surface area contributed by atoms with E-state index in [2.05, 4.69) is 5.32 Å². The molecule has 164 valence electrons. The number of carbonyl (C=O) groups is 1. The first-order valence-corrected chi connectivity index (χ1v) is 9.10. The molecule has 0 saturated carbocycles. The Morgan fingerprint density at radius 3 is 1.83 bits per heavy atom. The summed E-state index contributed by atoms with van der Waals surface area (Å²) in [5.41, 5.74) is -3.30. The van der Waals surface area contributed by atoms with Gasteiger partial charge in [-0.15, -0.1) is 12.4 Å². The fraction of sp³-hybridized carbons (Fsp3) is 0.381. The first-order valence-electron chi connectivity index (χ1n) is 9.10. The van der Waals surface area contributed by atoms with Gasteiger partial charge in [-0.05, 0) is 55.3 Å². The zero-order valence-corrected chi connectivity index (χ0v) is 16.6. The van der Waals surface area contributed by atoms with Gasteiger partial charge >= 0.3 is 12.4 Å². The van der Waals surface area contributed by atoms with Crippen LogP contribution >= 0.6 is 12.4 Å². The van der Waals surface area contributed by atoms with Crippen LogP contribution in [-0.4, -0.2) is 18.9 Å². The number of halogens is 7. The molecule has 2 nitrogen and oxygen atoms in total. The first kappa shape index (κ1) is 24.2. The highest BCUT2D eigenvalue weighted by Crippen LogP contribution is 2.39. The maximum atomic E-state index is 13.2. The lowest BCUT2D eigenvalue weighted by molar-refractivity contribution is -0.143. The highest BCUT2D eigenvalue weighted by Gasteiger charge is 2.41. The second kappa shape index (κ2) is 8.98. The summed E-state index contributed by atoms with van der Waals surface area (Å²) in [6.07, 6.45) is -9.51. The molecule has 1 fully saturated rings. The van der Waals surface area contributed by atoms with Crippen molar-refractivity contribution >= 4 is 18.2 Å². The second-order valence-corrected chi connectivity index (χ2v) is 7.21. The van der Waals surface area contributed by atoms with Crippen LogP contribution in [0, 0.1) is 0 Å². The molecule has 30 heavy (non-hydrogen) atoms. The Labute approximate surface area is 176 Å². The molecule has 1 N–H and O–H groups in total. The predicted molar refractivity (Wildman–Crippen MR) is 103 cm³/mol. The van der Waals surface area contributed by atoms with Crippen molar-refractivity contribution in [3.63, 3.8) is 0 Å². The largest absolute Gasteiger partial charge is 0.416 e. The van der Waals surface area contributed by atoms with Crippen LogP contribution < -0.4 is 5.32 Å². The van der Waals surface area contributed by atoms with E-state index in [1.165, 1.54) is 0 Å². The van der Waals surface area contributed by atoms with E-state index < -0.39 is 35.3 Å². The van der Waals surface area contributed by atoms with Gasteiger partial charge in [-0.3, -0.25) is 4.79 Å². The fourth-order valence-corrected chi connectivity index (χ4v) is 3.82. The minimum atomic E-state index is -4.94. The van der Waals surface area contributed by atoms with Crippen molar-refractivity contribution in [3.8, 4) is 0 Å². The highest BCUT2D eigenvalue weighted by molar-refractivity contribution is 5.92. The van der Waals surface area contributed by atoms with Gasteiger partial charge in [0.1, 0.15) is 5.78 Å². The van der Waals surface area contributed by atoms with Gasteiger partial charge in [0.05, 0.1) is 16.5 Å². The number of carbonyl (C=O) groups excluding carboxylic acids is 1. The van der Waals surface area contributed by atoms with E-state index in [1.807, 2.05) is 0 Å². The van der Waals surface area contributed by atoms with Crippen molar-refractivity contribution in [2.75, 3.05) is 13.1 Å². The van der Waals surface area contributed by atoms with Gasteiger partial charge in [-0.1, -0.05) is 30.3 Å². The van der Waals surface area contributed by atoms with Crippen molar-refractivity contribution in [2.24, 2.45) is 0 Å². The van der Waals surface area contributed by atoms with Crippen molar-refractivity contribution in [2.45, 2.75) is 37.0 Å². The second-order valence-electron chi connectivity index (χ2n) is 7.21. The summed E-state index contributed by atoms with van der Waals surface area (Å²) in [5, 5.41) is 3.14. The first-order chi connectivity index (χ1) is 13.5. The van der Waals surface area contributed by atoms with Gasteiger partial charge in [0.15, 0.2) is 0 Å². The van der Waals surface area contributed by atoms with Gasteiger partial charge in [0.25, 0.3) is 0 Å². The van der Waals surface area contributed by atoms with E-state index in [9.17, 15) is 31.1 Å². The number of nitrogens with one attached hydrogen (secondary N) is 1. The molecule has 9 heteroatoms. The Kier molecular flexibility index (Phi) is 7.24. The lowest BCUT2D eigenvalue weighted by Gasteiger charge is -2.37. The normalized spacial score (nSPS) is 16.6. The summed E-state index contributed by atoms with van der Waals surface area (Å²) in [5.74, 6) is -0.377. The van der Waals surface area contributed by atoms with Crippen molar-refractivity contribution in [1.82, 2.24) is 5.32 Å². The topological polar surface area (TPSA) is 29.1 Å². The van der Waals surface area contributed by atoms with E-state index in [1.54, 1.807) is 30.3 Å². The van der Waals surface area contributed by atoms with Crippen molar-refractivity contribution < 1.29 is 31.1 Å². The van der Waals surface area contributed by atoms with E-state index in [4.69, 9.17) is 0 Å². The number of piperidine rings is 1. The van der Waals surface area contributed by atoms with Crippen LogP contribution in [0.15, 0.2) is 48.5 Å². The SMILES string of the molecule is Cl.O=C(Cc1cc(C(F)(F)F)cc(C(F)(F)F)c1)C1(c2ccccc2)CCNCC1. The Bertz CT molecular complexity index is 841.